The molecule has 0 unspecified atom stereocenters. The van der Waals surface area contributed by atoms with E-state index in [2.05, 4.69) is 158 Å². The van der Waals surface area contributed by atoms with Crippen LogP contribution in [0.15, 0.2) is 255 Å². The monoisotopic (exact) mass is 1090 g/mol. The molecule has 0 nitrogen and oxygen atoms in total. The summed E-state index contributed by atoms with van der Waals surface area (Å²) in [4.78, 5) is 0. The summed E-state index contributed by atoms with van der Waals surface area (Å²) in [5, 5.41) is 22.3. The van der Waals surface area contributed by atoms with Gasteiger partial charge in [0.15, 0.2) is 0 Å². The van der Waals surface area contributed by atoms with E-state index in [0.717, 1.165) is 151 Å². The maximum atomic E-state index is 14.0. The molecule has 0 amide bonds. The van der Waals surface area contributed by atoms with Gasteiger partial charge in [-0.25, -0.2) is 0 Å². The first-order chi connectivity index (χ1) is 41.0. The lowest BCUT2D eigenvalue weighted by molar-refractivity contribution is -0.138. The number of rotatable bonds is 6. The Balaban J connectivity index is 1.02. The molecule has 0 saturated heterocycles. The van der Waals surface area contributed by atoms with E-state index >= 15 is 0 Å². The Morgan fingerprint density at radius 1 is 0.190 bits per heavy atom. The van der Waals surface area contributed by atoms with Crippen molar-refractivity contribution < 1.29 is 26.3 Å². The standard InChI is InChI=1S/C78H42F6/c79-77(80,81)47-31-27-43(28-32-47)49-19-7-9-21-51(49)69-55-25-13-11-23-53(55)65(45-15-3-1-4-16-45)73-61-39-35-57-60-38-42-64-72-62(40-36-58(68(60)72)59-37-41-63(75(69)73)71(61)67(57)59)74-66(46-17-5-2-6-18-46)54-24-12-14-26-56(54)70(76(64)74)52-22-10-8-20-50(52)44-29-33-48(34-30-44)78(82,83)84/h1-42H. The lowest BCUT2D eigenvalue weighted by Crippen LogP contribution is -2.04. The van der Waals surface area contributed by atoms with Gasteiger partial charge in [-0.3, -0.25) is 0 Å². The van der Waals surface area contributed by atoms with Gasteiger partial charge in [0.25, 0.3) is 0 Å². The van der Waals surface area contributed by atoms with Crippen LogP contribution in [0.3, 0.4) is 0 Å². The minimum Gasteiger partial charge on any atom is -0.166 e. The quantitative estimate of drug-likeness (QED) is 0.0884. The van der Waals surface area contributed by atoms with Gasteiger partial charge < -0.3 is 0 Å². The number of benzene rings is 15. The molecule has 0 heterocycles. The molecular formula is C78H42F6. The molecule has 17 rings (SSSR count). The van der Waals surface area contributed by atoms with Crippen molar-refractivity contribution in [3.63, 3.8) is 0 Å². The van der Waals surface area contributed by atoms with Gasteiger partial charge in [0, 0.05) is 0 Å². The third kappa shape index (κ3) is 6.79. The van der Waals surface area contributed by atoms with Crippen LogP contribution >= 0.6 is 0 Å². The molecule has 2 aliphatic rings. The van der Waals surface area contributed by atoms with Crippen molar-refractivity contribution in [1.82, 2.24) is 0 Å². The van der Waals surface area contributed by atoms with E-state index in [1.54, 1.807) is 24.3 Å². The van der Waals surface area contributed by atoms with E-state index in [4.69, 9.17) is 0 Å². The van der Waals surface area contributed by atoms with Gasteiger partial charge in [-0.1, -0.05) is 231 Å². The van der Waals surface area contributed by atoms with Crippen molar-refractivity contribution in [2.24, 2.45) is 0 Å². The Hall–Kier alpha value is -10.3. The molecule has 15 aromatic rings. The first-order valence-corrected chi connectivity index (χ1v) is 28.1. The third-order valence-corrected chi connectivity index (χ3v) is 18.0. The van der Waals surface area contributed by atoms with Crippen molar-refractivity contribution in [3.8, 4) is 66.8 Å². The maximum Gasteiger partial charge on any atom is 0.416 e. The molecule has 2 aliphatic carbocycles. The summed E-state index contributed by atoms with van der Waals surface area (Å²) < 4.78 is 84.0. The van der Waals surface area contributed by atoms with Crippen molar-refractivity contribution in [1.29, 1.82) is 0 Å². The highest BCUT2D eigenvalue weighted by Gasteiger charge is 2.32. The summed E-state index contributed by atoms with van der Waals surface area (Å²) in [6, 6.07) is 83.8. The number of halogens is 6. The van der Waals surface area contributed by atoms with Crippen LogP contribution in [-0.4, -0.2) is 0 Å². The van der Waals surface area contributed by atoms with Crippen molar-refractivity contribution >= 4 is 64.6 Å². The van der Waals surface area contributed by atoms with Crippen LogP contribution < -0.4 is 0 Å². The third-order valence-electron chi connectivity index (χ3n) is 18.0. The second-order valence-electron chi connectivity index (χ2n) is 22.2. The minimum atomic E-state index is -4.47. The second kappa shape index (κ2) is 17.6. The molecule has 0 aliphatic heterocycles. The Labute approximate surface area is 475 Å². The molecule has 15 aromatic carbocycles. The van der Waals surface area contributed by atoms with Crippen LogP contribution in [0.5, 0.6) is 0 Å². The summed E-state index contributed by atoms with van der Waals surface area (Å²) in [6.07, 6.45) is -8.93. The van der Waals surface area contributed by atoms with Crippen LogP contribution in [0, 0.1) is 41.7 Å². The number of alkyl halides is 6. The fraction of sp³-hybridized carbons (Fsp3) is 0.0256. The first kappa shape index (κ1) is 48.4. The predicted molar refractivity (Wildman–Crippen MR) is 329 cm³/mol. The molecule has 0 radical (unpaired) electrons. The Bertz CT molecular complexity index is 5400. The molecule has 6 heteroatoms. The summed E-state index contributed by atoms with van der Waals surface area (Å²) in [7, 11) is 0. The summed E-state index contributed by atoms with van der Waals surface area (Å²) >= 11 is 0. The number of hydrogen-bond donors (Lipinski definition) is 0. The molecule has 0 saturated carbocycles. The largest absolute Gasteiger partial charge is 0.416 e. The topological polar surface area (TPSA) is 0 Å². The average Bonchev–Trinajstić information content (AvgIpc) is 1.51. The summed E-state index contributed by atoms with van der Waals surface area (Å²) in [5.74, 6) is 0. The van der Waals surface area contributed by atoms with E-state index in [-0.39, 0.29) is 0 Å². The fourth-order valence-corrected chi connectivity index (χ4v) is 14.6. The molecule has 0 spiro atoms. The molecule has 0 N–H and O–H groups in total. The van der Waals surface area contributed by atoms with Gasteiger partial charge in [0.2, 0.25) is 0 Å². The summed E-state index contributed by atoms with van der Waals surface area (Å²) in [5.41, 5.74) is 10.0. The zero-order chi connectivity index (χ0) is 56.3. The first-order valence-electron chi connectivity index (χ1n) is 28.1. The molecular weight excluding hydrogens is 1050 g/mol. The van der Waals surface area contributed by atoms with Crippen molar-refractivity contribution in [3.05, 3.63) is 308 Å². The van der Waals surface area contributed by atoms with Crippen LogP contribution in [0.25, 0.3) is 131 Å². The van der Waals surface area contributed by atoms with E-state index in [0.29, 0.717) is 11.1 Å². The van der Waals surface area contributed by atoms with Gasteiger partial charge >= 0.3 is 12.4 Å². The summed E-state index contributed by atoms with van der Waals surface area (Å²) in [6.45, 7) is 0. The zero-order valence-electron chi connectivity index (χ0n) is 44.5. The number of hydrogen-bond acceptors (Lipinski definition) is 0. The molecule has 0 aromatic heterocycles. The minimum absolute atomic E-state index is 0.691. The SMILES string of the molecule is FC(F)(F)c1ccc(-c2ccccc2-c2c3c(c(-c4ccccc4)c4ccccc24)=c2ccc4c5ccc6c7c(ccc(c8ccc=3c2c48)c75)=c2c(-c3ccccc3)c3ccccc3c(-c3ccccc3-c3ccc(C(F)(F)F)cc3)c2=6)cc1. The van der Waals surface area contributed by atoms with E-state index < -0.39 is 23.5 Å². The van der Waals surface area contributed by atoms with Crippen molar-refractivity contribution in [2.45, 2.75) is 12.4 Å². The lowest BCUT2D eigenvalue weighted by atomic mass is 9.85. The molecule has 84 heavy (non-hydrogen) atoms. The molecule has 0 fully saturated rings. The van der Waals surface area contributed by atoms with Crippen LogP contribution in [-0.2, 0) is 12.4 Å². The average molecular weight is 1090 g/mol. The van der Waals surface area contributed by atoms with Gasteiger partial charge in [-0.2, -0.15) is 26.3 Å². The van der Waals surface area contributed by atoms with Gasteiger partial charge in [0.1, 0.15) is 0 Å². The van der Waals surface area contributed by atoms with Crippen LogP contribution in [0.2, 0.25) is 0 Å². The molecule has 0 bridgehead atoms. The number of fused-ring (bicyclic) bond motifs is 6. The van der Waals surface area contributed by atoms with Crippen LogP contribution in [0.4, 0.5) is 26.3 Å². The van der Waals surface area contributed by atoms with E-state index in [1.807, 2.05) is 48.5 Å². The Morgan fingerprint density at radius 2 is 0.464 bits per heavy atom. The normalized spacial score (nSPS) is 12.6. The highest BCUT2D eigenvalue weighted by atomic mass is 19.4. The van der Waals surface area contributed by atoms with Gasteiger partial charge in [0.05, 0.1) is 11.1 Å². The Morgan fingerprint density at radius 3 is 0.786 bits per heavy atom. The Kier molecular flexibility index (Phi) is 10.1. The van der Waals surface area contributed by atoms with E-state index in [9.17, 15) is 26.3 Å². The fourth-order valence-electron chi connectivity index (χ4n) is 14.6. The van der Waals surface area contributed by atoms with Crippen LogP contribution in [0.1, 0.15) is 11.1 Å². The highest BCUT2D eigenvalue weighted by molar-refractivity contribution is 6.33. The maximum absolute atomic E-state index is 14.0. The smallest absolute Gasteiger partial charge is 0.166 e. The second-order valence-corrected chi connectivity index (χ2v) is 22.2. The van der Waals surface area contributed by atoms with E-state index in [1.165, 1.54) is 35.0 Å². The lowest BCUT2D eigenvalue weighted by Gasteiger charge is -2.18. The van der Waals surface area contributed by atoms with Gasteiger partial charge in [-0.05, 0) is 197 Å². The molecule has 0 atom stereocenters. The van der Waals surface area contributed by atoms with Crippen molar-refractivity contribution in [2.75, 3.05) is 0 Å². The zero-order valence-corrected chi connectivity index (χ0v) is 44.5. The highest BCUT2D eigenvalue weighted by Crippen LogP contribution is 2.51. The van der Waals surface area contributed by atoms with Gasteiger partial charge in [-0.15, -0.1) is 0 Å². The predicted octanol–water partition coefficient (Wildman–Crippen LogP) is 21.9. The molecule has 396 valence electrons.